The molecule has 6 nitrogen and oxygen atoms in total. The molecule has 0 spiro atoms. The fraction of sp³-hybridized carbons (Fsp3) is 0.364. The average Bonchev–Trinajstić information content (AvgIpc) is 2.39. The molecule has 1 saturated heterocycles. The van der Waals surface area contributed by atoms with Gasteiger partial charge in [0.1, 0.15) is 6.07 Å². The number of benzene rings is 1. The van der Waals surface area contributed by atoms with Crippen LogP contribution in [-0.2, 0) is 4.74 Å². The van der Waals surface area contributed by atoms with Gasteiger partial charge >= 0.3 is 0 Å². The third-order valence-corrected chi connectivity index (χ3v) is 2.66. The molecular weight excluding hydrogens is 222 g/mol. The molecule has 1 heterocycles. The van der Waals surface area contributed by atoms with Gasteiger partial charge in [-0.05, 0) is 6.07 Å². The SMILES string of the molecule is N#Cc1ccc([N+](=O)[O-])cc1N1CCOCC1. The van der Waals surface area contributed by atoms with E-state index in [0.717, 1.165) is 0 Å². The first kappa shape index (κ1) is 11.4. The van der Waals surface area contributed by atoms with Gasteiger partial charge in [0.15, 0.2) is 0 Å². The minimum atomic E-state index is -0.453. The van der Waals surface area contributed by atoms with E-state index in [-0.39, 0.29) is 5.69 Å². The number of non-ortho nitro benzene ring substituents is 1. The number of nitrogens with zero attached hydrogens (tertiary/aromatic N) is 3. The molecule has 0 aromatic heterocycles. The van der Waals surface area contributed by atoms with Crippen LogP contribution in [0.15, 0.2) is 18.2 Å². The molecule has 1 fully saturated rings. The first-order valence-corrected chi connectivity index (χ1v) is 5.23. The summed E-state index contributed by atoms with van der Waals surface area (Å²) in [6.07, 6.45) is 0. The van der Waals surface area contributed by atoms with Crippen molar-refractivity contribution in [3.63, 3.8) is 0 Å². The van der Waals surface area contributed by atoms with Gasteiger partial charge in [-0.1, -0.05) is 0 Å². The van der Waals surface area contributed by atoms with Crippen LogP contribution in [0.5, 0.6) is 0 Å². The lowest BCUT2D eigenvalue weighted by atomic mass is 10.1. The Morgan fingerprint density at radius 2 is 2.12 bits per heavy atom. The van der Waals surface area contributed by atoms with Crippen LogP contribution in [0, 0.1) is 21.4 Å². The largest absolute Gasteiger partial charge is 0.378 e. The summed E-state index contributed by atoms with van der Waals surface area (Å²) in [6, 6.07) is 6.34. The Balaban J connectivity index is 2.38. The second-order valence-electron chi connectivity index (χ2n) is 3.67. The Morgan fingerprint density at radius 1 is 1.41 bits per heavy atom. The summed E-state index contributed by atoms with van der Waals surface area (Å²) in [7, 11) is 0. The molecule has 0 atom stereocenters. The summed E-state index contributed by atoms with van der Waals surface area (Å²) in [5.74, 6) is 0. The normalized spacial score (nSPS) is 15.4. The highest BCUT2D eigenvalue weighted by Gasteiger charge is 2.18. The van der Waals surface area contributed by atoms with Crippen LogP contribution >= 0.6 is 0 Å². The van der Waals surface area contributed by atoms with E-state index in [4.69, 9.17) is 10.00 Å². The van der Waals surface area contributed by atoms with Gasteiger partial charge in [-0.25, -0.2) is 0 Å². The predicted molar refractivity (Wildman–Crippen MR) is 60.8 cm³/mol. The molecule has 17 heavy (non-hydrogen) atoms. The van der Waals surface area contributed by atoms with E-state index in [1.807, 2.05) is 4.90 Å². The van der Waals surface area contributed by atoms with E-state index in [1.54, 1.807) is 0 Å². The third-order valence-electron chi connectivity index (χ3n) is 2.66. The van der Waals surface area contributed by atoms with Gasteiger partial charge in [0.05, 0.1) is 29.4 Å². The van der Waals surface area contributed by atoms with Crippen molar-refractivity contribution in [2.24, 2.45) is 0 Å². The van der Waals surface area contributed by atoms with Crippen LogP contribution in [0.3, 0.4) is 0 Å². The Hall–Kier alpha value is -2.13. The molecule has 1 aromatic carbocycles. The van der Waals surface area contributed by atoms with Gasteiger partial charge in [-0.15, -0.1) is 0 Å². The Morgan fingerprint density at radius 3 is 2.71 bits per heavy atom. The highest BCUT2D eigenvalue weighted by Crippen LogP contribution is 2.26. The highest BCUT2D eigenvalue weighted by atomic mass is 16.6. The number of hydrogen-bond acceptors (Lipinski definition) is 5. The second-order valence-corrected chi connectivity index (χ2v) is 3.67. The number of ether oxygens (including phenoxy) is 1. The van der Waals surface area contributed by atoms with Gasteiger partial charge in [0.2, 0.25) is 0 Å². The van der Waals surface area contributed by atoms with Crippen LogP contribution < -0.4 is 4.90 Å². The number of rotatable bonds is 2. The van der Waals surface area contributed by atoms with E-state index < -0.39 is 4.92 Å². The van der Waals surface area contributed by atoms with Crippen LogP contribution in [0.25, 0.3) is 0 Å². The monoisotopic (exact) mass is 233 g/mol. The lowest BCUT2D eigenvalue weighted by Gasteiger charge is -2.29. The lowest BCUT2D eigenvalue weighted by Crippen LogP contribution is -2.36. The maximum atomic E-state index is 10.7. The Bertz CT molecular complexity index is 475. The first-order chi connectivity index (χ1) is 8.22. The Labute approximate surface area is 98.2 Å². The molecule has 2 rings (SSSR count). The molecule has 0 bridgehead atoms. The van der Waals surface area contributed by atoms with Crippen LogP contribution in [-0.4, -0.2) is 31.2 Å². The maximum absolute atomic E-state index is 10.7. The van der Waals surface area contributed by atoms with Gasteiger partial charge in [0.25, 0.3) is 5.69 Å². The minimum absolute atomic E-state index is 0.00509. The van der Waals surface area contributed by atoms with E-state index in [2.05, 4.69) is 6.07 Å². The second kappa shape index (κ2) is 4.80. The number of nitro benzene ring substituents is 1. The van der Waals surface area contributed by atoms with Crippen molar-refractivity contribution in [1.82, 2.24) is 0 Å². The fourth-order valence-corrected chi connectivity index (χ4v) is 1.79. The van der Waals surface area contributed by atoms with Gasteiger partial charge in [-0.2, -0.15) is 5.26 Å². The topological polar surface area (TPSA) is 79.4 Å². The third kappa shape index (κ3) is 2.34. The summed E-state index contributed by atoms with van der Waals surface area (Å²) in [4.78, 5) is 12.2. The van der Waals surface area contributed by atoms with Crippen molar-refractivity contribution >= 4 is 11.4 Å². The van der Waals surface area contributed by atoms with Gasteiger partial charge < -0.3 is 9.64 Å². The van der Waals surface area contributed by atoms with Crippen molar-refractivity contribution < 1.29 is 9.66 Å². The molecule has 1 aliphatic heterocycles. The molecule has 88 valence electrons. The van der Waals surface area contributed by atoms with E-state index >= 15 is 0 Å². The number of nitriles is 1. The number of hydrogen-bond donors (Lipinski definition) is 0. The summed E-state index contributed by atoms with van der Waals surface area (Å²) in [6.45, 7) is 2.45. The van der Waals surface area contributed by atoms with Gasteiger partial charge in [0, 0.05) is 25.2 Å². The zero-order valence-corrected chi connectivity index (χ0v) is 9.13. The van der Waals surface area contributed by atoms with Crippen molar-refractivity contribution in [3.05, 3.63) is 33.9 Å². The molecule has 1 aliphatic rings. The lowest BCUT2D eigenvalue weighted by molar-refractivity contribution is -0.384. The average molecular weight is 233 g/mol. The smallest absolute Gasteiger partial charge is 0.271 e. The van der Waals surface area contributed by atoms with E-state index in [9.17, 15) is 10.1 Å². The molecule has 0 saturated carbocycles. The zero-order chi connectivity index (χ0) is 12.3. The number of nitro groups is 1. The van der Waals surface area contributed by atoms with Crippen molar-refractivity contribution in [2.75, 3.05) is 31.2 Å². The molecule has 0 aliphatic carbocycles. The molecule has 0 amide bonds. The van der Waals surface area contributed by atoms with Crippen LogP contribution in [0.4, 0.5) is 11.4 Å². The van der Waals surface area contributed by atoms with Crippen molar-refractivity contribution in [2.45, 2.75) is 0 Å². The quantitative estimate of drug-likeness (QED) is 0.568. The maximum Gasteiger partial charge on any atom is 0.271 e. The summed E-state index contributed by atoms with van der Waals surface area (Å²) in [5, 5.41) is 19.7. The standard InChI is InChI=1S/C11H11N3O3/c12-8-9-1-2-10(14(15)16)7-11(9)13-3-5-17-6-4-13/h1-2,7H,3-6H2. The molecule has 0 radical (unpaired) electrons. The highest BCUT2D eigenvalue weighted by molar-refractivity contribution is 5.63. The zero-order valence-electron chi connectivity index (χ0n) is 9.13. The molecule has 6 heteroatoms. The first-order valence-electron chi connectivity index (χ1n) is 5.23. The summed E-state index contributed by atoms with van der Waals surface area (Å²) < 4.78 is 5.21. The van der Waals surface area contributed by atoms with Crippen LogP contribution in [0.2, 0.25) is 0 Å². The predicted octanol–water partition coefficient (Wildman–Crippen LogP) is 1.30. The van der Waals surface area contributed by atoms with Crippen molar-refractivity contribution in [1.29, 1.82) is 5.26 Å². The molecule has 1 aromatic rings. The Kier molecular flexibility index (Phi) is 3.21. The number of morpholine rings is 1. The number of anilines is 1. The van der Waals surface area contributed by atoms with E-state index in [0.29, 0.717) is 37.6 Å². The van der Waals surface area contributed by atoms with E-state index in [1.165, 1.54) is 18.2 Å². The van der Waals surface area contributed by atoms with Gasteiger partial charge in [-0.3, -0.25) is 10.1 Å². The van der Waals surface area contributed by atoms with Crippen molar-refractivity contribution in [3.8, 4) is 6.07 Å². The van der Waals surface area contributed by atoms with Crippen LogP contribution in [0.1, 0.15) is 5.56 Å². The molecule has 0 unspecified atom stereocenters. The summed E-state index contributed by atoms with van der Waals surface area (Å²) in [5.41, 5.74) is 1.08. The molecule has 0 N–H and O–H groups in total. The minimum Gasteiger partial charge on any atom is -0.378 e. The summed E-state index contributed by atoms with van der Waals surface area (Å²) >= 11 is 0. The fourth-order valence-electron chi connectivity index (χ4n) is 1.79. The molecular formula is C11H11N3O3.